The van der Waals surface area contributed by atoms with E-state index in [0.29, 0.717) is 17.4 Å². The molecule has 4 aromatic rings. The van der Waals surface area contributed by atoms with Crippen LogP contribution in [0.15, 0.2) is 48.8 Å². The summed E-state index contributed by atoms with van der Waals surface area (Å²) >= 11 is 0. The van der Waals surface area contributed by atoms with Crippen LogP contribution in [0, 0.1) is 6.92 Å². The van der Waals surface area contributed by atoms with E-state index in [-0.39, 0.29) is 0 Å². The van der Waals surface area contributed by atoms with Crippen molar-refractivity contribution in [1.82, 2.24) is 19.6 Å². The zero-order valence-corrected chi connectivity index (χ0v) is 16.1. The van der Waals surface area contributed by atoms with Crippen LogP contribution in [-0.2, 0) is 0 Å². The monoisotopic (exact) mass is 376 g/mol. The molecule has 0 saturated carbocycles. The summed E-state index contributed by atoms with van der Waals surface area (Å²) in [5.41, 5.74) is 5.36. The minimum absolute atomic E-state index is 0.564. The Balaban J connectivity index is 1.88. The van der Waals surface area contributed by atoms with Crippen molar-refractivity contribution in [2.24, 2.45) is 0 Å². The van der Waals surface area contributed by atoms with E-state index in [1.807, 2.05) is 47.8 Å². The van der Waals surface area contributed by atoms with Gasteiger partial charge in [0.15, 0.2) is 17.1 Å². The van der Waals surface area contributed by atoms with Gasteiger partial charge in [0.25, 0.3) is 0 Å². The maximum Gasteiger partial charge on any atom is 0.212 e. The molecule has 0 saturated heterocycles. The lowest BCUT2D eigenvalue weighted by Crippen LogP contribution is -1.97. The molecule has 0 spiro atoms. The topological polar surface area (TPSA) is 70.8 Å². The van der Waals surface area contributed by atoms with E-state index < -0.39 is 0 Å². The fraction of sp³-hybridized carbons (Fsp3) is 0.190. The van der Waals surface area contributed by atoms with Gasteiger partial charge in [-0.3, -0.25) is 0 Å². The molecule has 3 aromatic heterocycles. The van der Waals surface area contributed by atoms with Gasteiger partial charge in [-0.25, -0.2) is 14.5 Å². The normalized spacial score (nSPS) is 10.9. The molecular weight excluding hydrogens is 356 g/mol. The molecule has 0 aliphatic heterocycles. The molecule has 0 aliphatic rings. The van der Waals surface area contributed by atoms with Crippen molar-refractivity contribution in [2.45, 2.75) is 6.92 Å². The number of hydrogen-bond acceptors (Lipinski definition) is 6. The van der Waals surface area contributed by atoms with Gasteiger partial charge in [-0.2, -0.15) is 5.10 Å². The van der Waals surface area contributed by atoms with Crippen molar-refractivity contribution in [2.75, 3.05) is 21.3 Å². The highest BCUT2D eigenvalue weighted by atomic mass is 16.5. The quantitative estimate of drug-likeness (QED) is 0.528. The SMILES string of the molecule is COc1ccc(-c2c(C)nc3c(-c4ccc(OC)c(OC)c4)ccnn23)cn1. The van der Waals surface area contributed by atoms with Crippen LogP contribution in [0.25, 0.3) is 28.0 Å². The number of nitrogens with zero attached hydrogens (tertiary/aromatic N) is 4. The van der Waals surface area contributed by atoms with Crippen LogP contribution in [0.5, 0.6) is 17.4 Å². The summed E-state index contributed by atoms with van der Waals surface area (Å²) in [5.74, 6) is 1.91. The van der Waals surface area contributed by atoms with Gasteiger partial charge in [0.05, 0.1) is 32.7 Å². The lowest BCUT2D eigenvalue weighted by Gasteiger charge is -2.10. The van der Waals surface area contributed by atoms with Gasteiger partial charge in [0.2, 0.25) is 5.88 Å². The molecule has 0 radical (unpaired) electrons. The second-order valence-corrected chi connectivity index (χ2v) is 6.19. The molecule has 1 aromatic carbocycles. The fourth-order valence-electron chi connectivity index (χ4n) is 3.26. The van der Waals surface area contributed by atoms with Crippen LogP contribution >= 0.6 is 0 Å². The molecule has 0 atom stereocenters. The highest BCUT2D eigenvalue weighted by Crippen LogP contribution is 2.35. The average molecular weight is 376 g/mol. The van der Waals surface area contributed by atoms with Gasteiger partial charge in [0, 0.05) is 29.6 Å². The smallest absolute Gasteiger partial charge is 0.212 e. The van der Waals surface area contributed by atoms with Crippen molar-refractivity contribution in [3.8, 4) is 39.8 Å². The van der Waals surface area contributed by atoms with Gasteiger partial charge in [0.1, 0.15) is 0 Å². The standard InChI is InChI=1S/C21H20N4O3/c1-13-20(15-6-8-19(28-4)22-12-15)25-21(24-13)16(9-10-23-25)14-5-7-17(26-2)18(11-14)27-3/h5-12H,1-4H3. The van der Waals surface area contributed by atoms with E-state index in [9.17, 15) is 0 Å². The Bertz CT molecular complexity index is 1140. The van der Waals surface area contributed by atoms with E-state index in [2.05, 4.69) is 10.1 Å². The minimum Gasteiger partial charge on any atom is -0.493 e. The number of aromatic nitrogens is 4. The number of pyridine rings is 1. The molecule has 0 bridgehead atoms. The molecule has 7 heteroatoms. The Morgan fingerprint density at radius 1 is 0.857 bits per heavy atom. The number of benzene rings is 1. The third-order valence-corrected chi connectivity index (χ3v) is 4.61. The Labute approximate surface area is 162 Å². The van der Waals surface area contributed by atoms with Crippen LogP contribution in [-0.4, -0.2) is 40.9 Å². The summed E-state index contributed by atoms with van der Waals surface area (Å²) in [6, 6.07) is 11.5. The van der Waals surface area contributed by atoms with Gasteiger partial charge in [-0.05, 0) is 36.8 Å². The van der Waals surface area contributed by atoms with Gasteiger partial charge < -0.3 is 14.2 Å². The number of ether oxygens (including phenoxy) is 3. The maximum atomic E-state index is 5.44. The zero-order valence-electron chi connectivity index (χ0n) is 16.1. The van der Waals surface area contributed by atoms with Crippen molar-refractivity contribution in [3.63, 3.8) is 0 Å². The summed E-state index contributed by atoms with van der Waals surface area (Å²) in [6.07, 6.45) is 3.53. The predicted molar refractivity (Wildman–Crippen MR) is 106 cm³/mol. The van der Waals surface area contributed by atoms with Crippen LogP contribution in [0.4, 0.5) is 0 Å². The van der Waals surface area contributed by atoms with Gasteiger partial charge in [-0.1, -0.05) is 6.07 Å². The van der Waals surface area contributed by atoms with Gasteiger partial charge >= 0.3 is 0 Å². The first-order chi connectivity index (χ1) is 13.7. The highest BCUT2D eigenvalue weighted by molar-refractivity contribution is 5.81. The Morgan fingerprint density at radius 2 is 1.64 bits per heavy atom. The second-order valence-electron chi connectivity index (χ2n) is 6.19. The predicted octanol–water partition coefficient (Wildman–Crippen LogP) is 3.79. The second kappa shape index (κ2) is 7.19. The summed E-state index contributed by atoms with van der Waals surface area (Å²) < 4.78 is 17.8. The van der Waals surface area contributed by atoms with Crippen molar-refractivity contribution < 1.29 is 14.2 Å². The molecule has 28 heavy (non-hydrogen) atoms. The number of hydrogen-bond donors (Lipinski definition) is 0. The number of rotatable bonds is 5. The van der Waals surface area contributed by atoms with Crippen LogP contribution in [0.3, 0.4) is 0 Å². The van der Waals surface area contributed by atoms with Crippen molar-refractivity contribution in [3.05, 3.63) is 54.5 Å². The first-order valence-corrected chi connectivity index (χ1v) is 8.73. The molecule has 0 amide bonds. The molecule has 3 heterocycles. The molecule has 7 nitrogen and oxygen atoms in total. The first-order valence-electron chi connectivity index (χ1n) is 8.73. The van der Waals surface area contributed by atoms with E-state index in [1.54, 1.807) is 33.7 Å². The zero-order chi connectivity index (χ0) is 19.7. The fourth-order valence-corrected chi connectivity index (χ4v) is 3.26. The van der Waals surface area contributed by atoms with E-state index in [4.69, 9.17) is 19.2 Å². The Morgan fingerprint density at radius 3 is 2.32 bits per heavy atom. The van der Waals surface area contributed by atoms with E-state index in [0.717, 1.165) is 33.7 Å². The Hall–Kier alpha value is -3.61. The van der Waals surface area contributed by atoms with E-state index in [1.165, 1.54) is 0 Å². The third kappa shape index (κ3) is 2.90. The summed E-state index contributed by atoms with van der Waals surface area (Å²) in [7, 11) is 4.84. The lowest BCUT2D eigenvalue weighted by atomic mass is 10.1. The first kappa shape index (κ1) is 17.8. The number of fused-ring (bicyclic) bond motifs is 1. The van der Waals surface area contributed by atoms with Crippen molar-refractivity contribution >= 4 is 5.65 Å². The highest BCUT2D eigenvalue weighted by Gasteiger charge is 2.17. The third-order valence-electron chi connectivity index (χ3n) is 4.61. The largest absolute Gasteiger partial charge is 0.493 e. The number of methoxy groups -OCH3 is 3. The minimum atomic E-state index is 0.564. The molecule has 0 unspecified atom stereocenters. The van der Waals surface area contributed by atoms with Crippen LogP contribution in [0.1, 0.15) is 5.69 Å². The van der Waals surface area contributed by atoms with Crippen molar-refractivity contribution in [1.29, 1.82) is 0 Å². The molecule has 0 aliphatic carbocycles. The summed E-state index contributed by atoms with van der Waals surface area (Å²) in [5, 5.41) is 4.52. The lowest BCUT2D eigenvalue weighted by molar-refractivity contribution is 0.355. The molecule has 4 rings (SSSR count). The summed E-state index contributed by atoms with van der Waals surface area (Å²) in [6.45, 7) is 1.96. The maximum absolute atomic E-state index is 5.44. The summed E-state index contributed by atoms with van der Waals surface area (Å²) in [4.78, 5) is 9.08. The molecule has 0 N–H and O–H groups in total. The molecular formula is C21H20N4O3. The Kier molecular flexibility index (Phi) is 4.57. The molecule has 0 fully saturated rings. The number of aryl methyl sites for hydroxylation is 1. The van der Waals surface area contributed by atoms with Crippen LogP contribution < -0.4 is 14.2 Å². The molecule has 142 valence electrons. The van der Waals surface area contributed by atoms with Crippen LogP contribution in [0.2, 0.25) is 0 Å². The van der Waals surface area contributed by atoms with Gasteiger partial charge in [-0.15, -0.1) is 0 Å². The number of imidazole rings is 1. The van der Waals surface area contributed by atoms with E-state index >= 15 is 0 Å². The average Bonchev–Trinajstić information content (AvgIpc) is 3.09.